The van der Waals surface area contributed by atoms with Crippen molar-refractivity contribution in [2.24, 2.45) is 5.92 Å². The maximum atomic E-state index is 13.4. The van der Waals surface area contributed by atoms with Gasteiger partial charge in [0.05, 0.1) is 11.7 Å². The van der Waals surface area contributed by atoms with E-state index in [4.69, 9.17) is 9.47 Å². The summed E-state index contributed by atoms with van der Waals surface area (Å²) in [6.07, 6.45) is -0.181. The predicted octanol–water partition coefficient (Wildman–Crippen LogP) is 3.79. The molecule has 2 aromatic rings. The minimum Gasteiger partial charge on any atom is -0.491 e. The van der Waals surface area contributed by atoms with Crippen LogP contribution in [0.5, 0.6) is 5.75 Å². The summed E-state index contributed by atoms with van der Waals surface area (Å²) >= 11 is 0. The highest BCUT2D eigenvalue weighted by atomic mass is 19.1. The molecule has 0 aromatic heterocycles. The number of nitrogens with zero attached hydrogens (tertiary/aromatic N) is 2. The molecule has 1 aliphatic heterocycles. The van der Waals surface area contributed by atoms with Crippen LogP contribution in [0, 0.1) is 11.7 Å². The molecule has 3 atom stereocenters. The fourth-order valence-corrected chi connectivity index (χ4v) is 4.18. The molecular weight excluding hydrogens is 437 g/mol. The van der Waals surface area contributed by atoms with Crippen molar-refractivity contribution >= 4 is 17.5 Å². The van der Waals surface area contributed by atoms with Crippen LogP contribution in [-0.4, -0.2) is 67.6 Å². The smallest absolute Gasteiger partial charge is 0.257 e. The van der Waals surface area contributed by atoms with Crippen LogP contribution < -0.4 is 10.1 Å². The summed E-state index contributed by atoms with van der Waals surface area (Å²) in [4.78, 5) is 28.7. The number of nitrogens with one attached hydrogen (secondary N) is 1. The number of rotatable bonds is 4. The normalized spacial score (nSPS) is 22.2. The number of likely N-dealkylation sites (N-methyl/N-ethyl adjacent to an activating group) is 1. The molecule has 0 unspecified atom stereocenters. The number of anilines is 1. The van der Waals surface area contributed by atoms with E-state index in [0.717, 1.165) is 12.1 Å². The Morgan fingerprint density at radius 3 is 2.53 bits per heavy atom. The van der Waals surface area contributed by atoms with Gasteiger partial charge in [-0.3, -0.25) is 14.5 Å². The van der Waals surface area contributed by atoms with Crippen molar-refractivity contribution < 1.29 is 23.5 Å². The van der Waals surface area contributed by atoms with Crippen molar-refractivity contribution in [3.8, 4) is 5.75 Å². The van der Waals surface area contributed by atoms with E-state index in [-0.39, 0.29) is 35.7 Å². The number of hydrogen-bond acceptors (Lipinski definition) is 5. The standard InChI is InChI=1S/C26H34FN3O4/c1-17-13-30(14-20-6-8-21(27)9-7-20)18(2)16-34-24-11-10-22(28-19(3)31)12-23(24)26(32)29(4)15-25(17)33-5/h6-12,17-18,25H,13-16H2,1-5H3,(H,28,31)/t17-,18-,25-/m0/s1. The van der Waals surface area contributed by atoms with E-state index < -0.39 is 0 Å². The van der Waals surface area contributed by atoms with Crippen molar-refractivity contribution in [2.45, 2.75) is 39.5 Å². The molecule has 0 saturated carbocycles. The molecule has 7 nitrogen and oxygen atoms in total. The highest BCUT2D eigenvalue weighted by Gasteiger charge is 2.28. The molecule has 0 spiro atoms. The summed E-state index contributed by atoms with van der Waals surface area (Å²) < 4.78 is 25.3. The van der Waals surface area contributed by atoms with Gasteiger partial charge in [0, 0.05) is 52.4 Å². The number of hydrogen-bond donors (Lipinski definition) is 1. The minimum atomic E-state index is -0.260. The van der Waals surface area contributed by atoms with Gasteiger partial charge in [0.2, 0.25) is 5.91 Å². The lowest BCUT2D eigenvalue weighted by atomic mass is 10.0. The van der Waals surface area contributed by atoms with Crippen molar-refractivity contribution in [1.29, 1.82) is 0 Å². The third-order valence-corrected chi connectivity index (χ3v) is 6.19. The van der Waals surface area contributed by atoms with Gasteiger partial charge in [-0.05, 0) is 48.7 Å². The molecule has 0 fully saturated rings. The number of ether oxygens (including phenoxy) is 2. The zero-order valence-corrected chi connectivity index (χ0v) is 20.5. The fraction of sp³-hybridized carbons (Fsp3) is 0.462. The first-order valence-corrected chi connectivity index (χ1v) is 11.5. The minimum absolute atomic E-state index is 0.0140. The Bertz CT molecular complexity index is 998. The quantitative estimate of drug-likeness (QED) is 0.735. The van der Waals surface area contributed by atoms with Crippen molar-refractivity contribution in [1.82, 2.24) is 9.80 Å². The van der Waals surface area contributed by atoms with Crippen molar-refractivity contribution in [3.05, 3.63) is 59.4 Å². The van der Waals surface area contributed by atoms with Gasteiger partial charge >= 0.3 is 0 Å². The molecule has 1 N–H and O–H groups in total. The summed E-state index contributed by atoms with van der Waals surface area (Å²) in [7, 11) is 3.39. The Morgan fingerprint density at radius 2 is 1.88 bits per heavy atom. The average Bonchev–Trinajstić information content (AvgIpc) is 2.80. The summed E-state index contributed by atoms with van der Waals surface area (Å²) in [5.74, 6) is -0.0968. The van der Waals surface area contributed by atoms with E-state index in [1.54, 1.807) is 49.4 Å². The second-order valence-corrected chi connectivity index (χ2v) is 9.05. The van der Waals surface area contributed by atoms with E-state index in [1.165, 1.54) is 19.1 Å². The number of carbonyl (C=O) groups excluding carboxylic acids is 2. The second kappa shape index (κ2) is 11.4. The monoisotopic (exact) mass is 471 g/mol. The fourth-order valence-electron chi connectivity index (χ4n) is 4.18. The van der Waals surface area contributed by atoms with Crippen LogP contribution in [0.4, 0.5) is 10.1 Å². The predicted molar refractivity (Wildman–Crippen MR) is 129 cm³/mol. The average molecular weight is 472 g/mol. The molecule has 0 aliphatic carbocycles. The molecule has 3 rings (SSSR count). The molecule has 0 bridgehead atoms. The molecule has 1 aliphatic rings. The molecule has 0 radical (unpaired) electrons. The van der Waals surface area contributed by atoms with Crippen molar-refractivity contribution in [2.75, 3.05) is 39.2 Å². The van der Waals surface area contributed by atoms with E-state index in [2.05, 4.69) is 24.1 Å². The van der Waals surface area contributed by atoms with Gasteiger partial charge in [-0.15, -0.1) is 0 Å². The summed E-state index contributed by atoms with van der Waals surface area (Å²) in [6.45, 7) is 7.71. The Morgan fingerprint density at radius 1 is 1.18 bits per heavy atom. The summed E-state index contributed by atoms with van der Waals surface area (Å²) in [6, 6.07) is 11.6. The number of benzene rings is 2. The molecule has 2 aromatic carbocycles. The Labute approximate surface area is 200 Å². The lowest BCUT2D eigenvalue weighted by Gasteiger charge is -2.36. The van der Waals surface area contributed by atoms with Crippen LogP contribution >= 0.6 is 0 Å². The lowest BCUT2D eigenvalue weighted by molar-refractivity contribution is -0.114. The molecule has 34 heavy (non-hydrogen) atoms. The summed E-state index contributed by atoms with van der Waals surface area (Å²) in [5, 5.41) is 2.73. The number of halogens is 1. The van der Waals surface area contributed by atoms with Gasteiger partial charge in [0.25, 0.3) is 5.91 Å². The van der Waals surface area contributed by atoms with Gasteiger partial charge in [-0.1, -0.05) is 19.1 Å². The van der Waals surface area contributed by atoms with Gasteiger partial charge in [-0.2, -0.15) is 0 Å². The maximum Gasteiger partial charge on any atom is 0.257 e. The van der Waals surface area contributed by atoms with Crippen LogP contribution in [0.1, 0.15) is 36.7 Å². The first kappa shape index (κ1) is 25.6. The summed E-state index contributed by atoms with van der Waals surface area (Å²) in [5.41, 5.74) is 1.93. The number of fused-ring (bicyclic) bond motifs is 1. The van der Waals surface area contributed by atoms with Gasteiger partial charge < -0.3 is 19.7 Å². The maximum absolute atomic E-state index is 13.4. The topological polar surface area (TPSA) is 71.1 Å². The second-order valence-electron chi connectivity index (χ2n) is 9.05. The SMILES string of the molecule is CO[C@H]1CN(C)C(=O)c2cc(NC(C)=O)ccc2OC[C@H](C)N(Cc2ccc(F)cc2)C[C@@H]1C. The molecule has 184 valence electrons. The van der Waals surface area contributed by atoms with Crippen LogP contribution in [0.3, 0.4) is 0 Å². The van der Waals surface area contributed by atoms with Crippen LogP contribution in [0.25, 0.3) is 0 Å². The van der Waals surface area contributed by atoms with Gasteiger partial charge in [0.1, 0.15) is 18.2 Å². The number of methoxy groups -OCH3 is 1. The first-order valence-electron chi connectivity index (χ1n) is 11.5. The zero-order valence-electron chi connectivity index (χ0n) is 20.5. The third-order valence-electron chi connectivity index (χ3n) is 6.19. The third kappa shape index (κ3) is 6.55. The zero-order chi connectivity index (χ0) is 24.8. The largest absolute Gasteiger partial charge is 0.491 e. The molecule has 8 heteroatoms. The van der Waals surface area contributed by atoms with Crippen LogP contribution in [0.2, 0.25) is 0 Å². The Kier molecular flexibility index (Phi) is 8.63. The van der Waals surface area contributed by atoms with Gasteiger partial charge in [0.15, 0.2) is 0 Å². The molecular formula is C26H34FN3O4. The number of amides is 2. The van der Waals surface area contributed by atoms with E-state index in [1.807, 2.05) is 0 Å². The van der Waals surface area contributed by atoms with E-state index in [9.17, 15) is 14.0 Å². The molecule has 0 saturated heterocycles. The Hall–Kier alpha value is -2.97. The molecule has 1 heterocycles. The van der Waals surface area contributed by atoms with Crippen molar-refractivity contribution in [3.63, 3.8) is 0 Å². The highest BCUT2D eigenvalue weighted by Crippen LogP contribution is 2.27. The first-order chi connectivity index (χ1) is 16.2. The van der Waals surface area contributed by atoms with E-state index >= 15 is 0 Å². The lowest BCUT2D eigenvalue weighted by Crippen LogP contribution is -2.46. The molecule has 2 amide bonds. The highest BCUT2D eigenvalue weighted by molar-refractivity contribution is 5.99. The van der Waals surface area contributed by atoms with Gasteiger partial charge in [-0.25, -0.2) is 4.39 Å². The van der Waals surface area contributed by atoms with Crippen LogP contribution in [-0.2, 0) is 16.1 Å². The Balaban J connectivity index is 1.93. The van der Waals surface area contributed by atoms with Crippen LogP contribution in [0.15, 0.2) is 42.5 Å². The number of carbonyl (C=O) groups is 2. The van der Waals surface area contributed by atoms with E-state index in [0.29, 0.717) is 36.7 Å².